The molecule has 0 saturated heterocycles. The Hall–Kier alpha value is -3.22. The first-order valence-electron chi connectivity index (χ1n) is 9.40. The van der Waals surface area contributed by atoms with E-state index < -0.39 is 5.97 Å². The highest BCUT2D eigenvalue weighted by Gasteiger charge is 2.22. The summed E-state index contributed by atoms with van der Waals surface area (Å²) in [7, 11) is 1.48. The van der Waals surface area contributed by atoms with E-state index in [1.165, 1.54) is 24.8 Å². The van der Waals surface area contributed by atoms with E-state index in [0.717, 1.165) is 11.1 Å². The van der Waals surface area contributed by atoms with E-state index in [9.17, 15) is 9.59 Å². The third-order valence-corrected chi connectivity index (χ3v) is 4.81. The molecule has 2 aromatic carbocycles. The van der Waals surface area contributed by atoms with Crippen LogP contribution >= 0.6 is 0 Å². The monoisotopic (exact) mass is 399 g/mol. The van der Waals surface area contributed by atoms with Crippen molar-refractivity contribution < 1.29 is 28.5 Å². The van der Waals surface area contributed by atoms with Crippen LogP contribution in [0.15, 0.2) is 30.3 Å². The molecule has 0 saturated carbocycles. The van der Waals surface area contributed by atoms with Crippen molar-refractivity contribution >= 4 is 11.9 Å². The van der Waals surface area contributed by atoms with Crippen molar-refractivity contribution in [3.8, 4) is 17.2 Å². The first-order chi connectivity index (χ1) is 13.9. The van der Waals surface area contributed by atoms with Crippen LogP contribution in [0, 0.1) is 13.8 Å². The summed E-state index contributed by atoms with van der Waals surface area (Å²) in [6.45, 7) is 6.35. The summed E-state index contributed by atoms with van der Waals surface area (Å²) < 4.78 is 21.4. The van der Waals surface area contributed by atoms with Crippen molar-refractivity contribution in [2.75, 3.05) is 26.9 Å². The molecule has 0 radical (unpaired) electrons. The summed E-state index contributed by atoms with van der Waals surface area (Å²) in [4.78, 5) is 24.6. The Bertz CT molecular complexity index is 907. The molecule has 0 aromatic heterocycles. The molecule has 0 aliphatic carbocycles. The topological polar surface area (TPSA) is 83.1 Å². The number of amides is 1. The third-order valence-electron chi connectivity index (χ3n) is 4.81. The van der Waals surface area contributed by atoms with E-state index in [0.29, 0.717) is 30.5 Å². The lowest BCUT2D eigenvalue weighted by atomic mass is 10.0. The molecule has 0 spiro atoms. The molecule has 2 aromatic rings. The maximum atomic E-state index is 12.4. The molecule has 1 amide bonds. The molecule has 7 nitrogen and oxygen atoms in total. The van der Waals surface area contributed by atoms with Gasteiger partial charge >= 0.3 is 5.97 Å². The summed E-state index contributed by atoms with van der Waals surface area (Å²) in [6.07, 6.45) is 0. The number of methoxy groups -OCH3 is 1. The standard InChI is InChI=1S/C22H25NO6/c1-13-5-6-16(9-14(13)2)15(3)23-20(24)12-29-22(25)17-10-18(26-4)21-19(11-17)27-7-8-28-21/h5-6,9-11,15H,7-8,12H2,1-4H3,(H,23,24)/t15-/m1/s1. The summed E-state index contributed by atoms with van der Waals surface area (Å²) in [5.41, 5.74) is 3.56. The zero-order chi connectivity index (χ0) is 21.0. The van der Waals surface area contributed by atoms with Gasteiger partial charge in [0.15, 0.2) is 18.1 Å². The summed E-state index contributed by atoms with van der Waals surface area (Å²) in [5, 5.41) is 2.84. The fraction of sp³-hybridized carbons (Fsp3) is 0.364. The number of carbonyl (C=O) groups excluding carboxylic acids is 2. The lowest BCUT2D eigenvalue weighted by Gasteiger charge is -2.21. The summed E-state index contributed by atoms with van der Waals surface area (Å²) in [5.74, 6) is 0.218. The van der Waals surface area contributed by atoms with Gasteiger partial charge in [-0.2, -0.15) is 0 Å². The van der Waals surface area contributed by atoms with E-state index in [2.05, 4.69) is 5.32 Å². The van der Waals surface area contributed by atoms with Crippen molar-refractivity contribution in [3.05, 3.63) is 52.6 Å². The fourth-order valence-corrected chi connectivity index (χ4v) is 3.01. The smallest absolute Gasteiger partial charge is 0.338 e. The lowest BCUT2D eigenvalue weighted by molar-refractivity contribution is -0.124. The Morgan fingerprint density at radius 3 is 2.59 bits per heavy atom. The van der Waals surface area contributed by atoms with Crippen molar-refractivity contribution in [1.82, 2.24) is 5.32 Å². The number of rotatable bonds is 6. The van der Waals surface area contributed by atoms with Crippen LogP contribution in [0.1, 0.15) is 40.0 Å². The van der Waals surface area contributed by atoms with Gasteiger partial charge in [-0.05, 0) is 49.6 Å². The number of ether oxygens (including phenoxy) is 4. The van der Waals surface area contributed by atoms with Gasteiger partial charge in [-0.3, -0.25) is 4.79 Å². The number of esters is 1. The highest BCUT2D eigenvalue weighted by Crippen LogP contribution is 2.40. The van der Waals surface area contributed by atoms with Gasteiger partial charge in [-0.15, -0.1) is 0 Å². The highest BCUT2D eigenvalue weighted by atomic mass is 16.6. The van der Waals surface area contributed by atoms with E-state index in [-0.39, 0.29) is 24.1 Å². The SMILES string of the molecule is COc1cc(C(=O)OCC(=O)N[C@H](C)c2ccc(C)c(C)c2)cc2c1OCCO2. The first-order valence-corrected chi connectivity index (χ1v) is 9.40. The van der Waals surface area contributed by atoms with Gasteiger partial charge < -0.3 is 24.3 Å². The number of aryl methyl sites for hydroxylation is 2. The molecule has 3 rings (SSSR count). The molecule has 1 N–H and O–H groups in total. The second kappa shape index (κ2) is 8.86. The number of hydrogen-bond donors (Lipinski definition) is 1. The molecule has 1 aliphatic heterocycles. The first kappa shape index (κ1) is 20.5. The second-order valence-corrected chi connectivity index (χ2v) is 6.91. The van der Waals surface area contributed by atoms with Gasteiger partial charge in [0, 0.05) is 0 Å². The predicted molar refractivity (Wildman–Crippen MR) is 107 cm³/mol. The third kappa shape index (κ3) is 4.80. The molecule has 1 atom stereocenters. The molecule has 0 unspecified atom stereocenters. The van der Waals surface area contributed by atoms with Crippen molar-refractivity contribution in [2.24, 2.45) is 0 Å². The molecule has 0 bridgehead atoms. The van der Waals surface area contributed by atoms with E-state index in [4.69, 9.17) is 18.9 Å². The van der Waals surface area contributed by atoms with Gasteiger partial charge in [0.1, 0.15) is 13.2 Å². The van der Waals surface area contributed by atoms with E-state index in [1.54, 1.807) is 0 Å². The largest absolute Gasteiger partial charge is 0.493 e. The van der Waals surface area contributed by atoms with Crippen LogP contribution in [-0.2, 0) is 9.53 Å². The van der Waals surface area contributed by atoms with Gasteiger partial charge in [0.2, 0.25) is 5.75 Å². The lowest BCUT2D eigenvalue weighted by Crippen LogP contribution is -2.31. The van der Waals surface area contributed by atoms with Crippen LogP contribution < -0.4 is 19.5 Å². The number of fused-ring (bicyclic) bond motifs is 1. The Morgan fingerprint density at radius 2 is 1.86 bits per heavy atom. The maximum absolute atomic E-state index is 12.4. The summed E-state index contributed by atoms with van der Waals surface area (Å²) in [6, 6.07) is 8.85. The number of nitrogens with one attached hydrogen (secondary N) is 1. The van der Waals surface area contributed by atoms with Gasteiger partial charge in [-0.1, -0.05) is 18.2 Å². The van der Waals surface area contributed by atoms with Crippen LogP contribution in [0.3, 0.4) is 0 Å². The van der Waals surface area contributed by atoms with Crippen molar-refractivity contribution in [2.45, 2.75) is 26.8 Å². The van der Waals surface area contributed by atoms with E-state index >= 15 is 0 Å². The number of carbonyl (C=O) groups is 2. The molecule has 154 valence electrons. The normalized spacial score (nSPS) is 13.4. The summed E-state index contributed by atoms with van der Waals surface area (Å²) >= 11 is 0. The Morgan fingerprint density at radius 1 is 1.10 bits per heavy atom. The van der Waals surface area contributed by atoms with Crippen LogP contribution in [-0.4, -0.2) is 38.8 Å². The minimum Gasteiger partial charge on any atom is -0.493 e. The second-order valence-electron chi connectivity index (χ2n) is 6.91. The zero-order valence-electron chi connectivity index (χ0n) is 17.0. The minimum atomic E-state index is -0.644. The Labute approximate surface area is 169 Å². The van der Waals surface area contributed by atoms with Crippen molar-refractivity contribution in [1.29, 1.82) is 0 Å². The van der Waals surface area contributed by atoms with Gasteiger partial charge in [0.25, 0.3) is 5.91 Å². The van der Waals surface area contributed by atoms with Crippen molar-refractivity contribution in [3.63, 3.8) is 0 Å². The predicted octanol–water partition coefficient (Wildman–Crippen LogP) is 3.12. The average molecular weight is 399 g/mol. The fourth-order valence-electron chi connectivity index (χ4n) is 3.01. The van der Waals surface area contributed by atoms with Crippen LogP contribution in [0.2, 0.25) is 0 Å². The molecule has 0 fully saturated rings. The van der Waals surface area contributed by atoms with Gasteiger partial charge in [0.05, 0.1) is 18.7 Å². The highest BCUT2D eigenvalue weighted by molar-refractivity contribution is 5.93. The molecular formula is C22H25NO6. The molecule has 1 aliphatic rings. The minimum absolute atomic E-state index is 0.199. The van der Waals surface area contributed by atoms with E-state index in [1.807, 2.05) is 39.0 Å². The zero-order valence-corrected chi connectivity index (χ0v) is 17.0. The number of benzene rings is 2. The molecule has 29 heavy (non-hydrogen) atoms. The Balaban J connectivity index is 1.60. The van der Waals surface area contributed by atoms with Crippen LogP contribution in [0.25, 0.3) is 0 Å². The van der Waals surface area contributed by atoms with Crippen LogP contribution in [0.5, 0.6) is 17.2 Å². The number of hydrogen-bond acceptors (Lipinski definition) is 6. The Kier molecular flexibility index (Phi) is 6.26. The van der Waals surface area contributed by atoms with Gasteiger partial charge in [-0.25, -0.2) is 4.79 Å². The quantitative estimate of drug-likeness (QED) is 0.752. The maximum Gasteiger partial charge on any atom is 0.338 e. The molecular weight excluding hydrogens is 374 g/mol. The van der Waals surface area contributed by atoms with Crippen LogP contribution in [0.4, 0.5) is 0 Å². The molecule has 7 heteroatoms. The molecule has 1 heterocycles. The average Bonchev–Trinajstić information content (AvgIpc) is 2.72.